The second kappa shape index (κ2) is 5.46. The van der Waals surface area contributed by atoms with Gasteiger partial charge in [-0.1, -0.05) is 0 Å². The first-order chi connectivity index (χ1) is 7.52. The summed E-state index contributed by atoms with van der Waals surface area (Å²) in [6, 6.07) is 3.91. The summed E-state index contributed by atoms with van der Waals surface area (Å²) in [5.41, 5.74) is 0.455. The fourth-order valence-corrected chi connectivity index (χ4v) is 1.43. The number of carboxylic acid groups (broad SMARTS) is 1. The van der Waals surface area contributed by atoms with Crippen LogP contribution in [0.1, 0.15) is 12.0 Å². The molecule has 0 amide bonds. The van der Waals surface area contributed by atoms with Gasteiger partial charge in [-0.25, -0.2) is 4.39 Å². The van der Waals surface area contributed by atoms with Gasteiger partial charge in [0, 0.05) is 6.42 Å². The monoisotopic (exact) mass is 228 g/mol. The predicted molar refractivity (Wildman–Crippen MR) is 54.9 cm³/mol. The van der Waals surface area contributed by atoms with E-state index in [1.807, 2.05) is 0 Å². The van der Waals surface area contributed by atoms with Crippen LogP contribution in [-0.4, -0.2) is 29.4 Å². The number of hydrogen-bond acceptors (Lipinski definition) is 3. The highest BCUT2D eigenvalue weighted by Gasteiger charge is 2.13. The predicted octanol–water partition coefficient (Wildman–Crippen LogP) is 1.21. The number of halogens is 1. The minimum Gasteiger partial charge on any atom is -0.496 e. The molecule has 0 bridgehead atoms. The van der Waals surface area contributed by atoms with E-state index in [9.17, 15) is 14.3 Å². The molecule has 1 aromatic rings. The third kappa shape index (κ3) is 3.51. The summed E-state index contributed by atoms with van der Waals surface area (Å²) < 4.78 is 17.9. The number of hydrogen-bond donors (Lipinski definition) is 2. The molecule has 16 heavy (non-hydrogen) atoms. The molecule has 0 radical (unpaired) electrons. The van der Waals surface area contributed by atoms with Gasteiger partial charge in [-0.05, 0) is 23.8 Å². The van der Waals surface area contributed by atoms with Gasteiger partial charge in [0.15, 0.2) is 0 Å². The topological polar surface area (TPSA) is 66.8 Å². The average Bonchev–Trinajstić information content (AvgIpc) is 2.16. The van der Waals surface area contributed by atoms with Crippen LogP contribution in [0.5, 0.6) is 5.75 Å². The lowest BCUT2D eigenvalue weighted by Gasteiger charge is -2.11. The normalized spacial score (nSPS) is 12.2. The smallest absolute Gasteiger partial charge is 0.305 e. The van der Waals surface area contributed by atoms with Crippen molar-refractivity contribution in [1.82, 2.24) is 0 Å². The second-order valence-electron chi connectivity index (χ2n) is 3.41. The zero-order valence-corrected chi connectivity index (χ0v) is 8.81. The molecule has 0 saturated heterocycles. The molecule has 1 rings (SSSR count). The van der Waals surface area contributed by atoms with Gasteiger partial charge in [0.1, 0.15) is 11.6 Å². The molecule has 88 valence electrons. The molecule has 0 fully saturated rings. The molecule has 0 aliphatic rings. The van der Waals surface area contributed by atoms with Crippen LogP contribution in [0.3, 0.4) is 0 Å². The molecule has 5 heteroatoms. The van der Waals surface area contributed by atoms with E-state index in [-0.39, 0.29) is 12.8 Å². The largest absolute Gasteiger partial charge is 0.496 e. The fourth-order valence-electron chi connectivity index (χ4n) is 1.43. The summed E-state index contributed by atoms with van der Waals surface area (Å²) in [7, 11) is 1.43. The van der Waals surface area contributed by atoms with Gasteiger partial charge in [0.25, 0.3) is 0 Å². The summed E-state index contributed by atoms with van der Waals surface area (Å²) in [4.78, 5) is 10.4. The highest BCUT2D eigenvalue weighted by molar-refractivity contribution is 5.67. The van der Waals surface area contributed by atoms with E-state index in [1.54, 1.807) is 0 Å². The van der Waals surface area contributed by atoms with E-state index in [1.165, 1.54) is 25.3 Å². The van der Waals surface area contributed by atoms with Crippen LogP contribution in [0.4, 0.5) is 4.39 Å². The molecule has 4 nitrogen and oxygen atoms in total. The van der Waals surface area contributed by atoms with Crippen molar-refractivity contribution >= 4 is 5.97 Å². The van der Waals surface area contributed by atoms with Gasteiger partial charge >= 0.3 is 5.97 Å². The van der Waals surface area contributed by atoms with Crippen molar-refractivity contribution in [1.29, 1.82) is 0 Å². The summed E-state index contributed by atoms with van der Waals surface area (Å²) >= 11 is 0. The lowest BCUT2D eigenvalue weighted by atomic mass is 10.0. The maximum Gasteiger partial charge on any atom is 0.305 e. The van der Waals surface area contributed by atoms with Crippen molar-refractivity contribution in [2.45, 2.75) is 18.9 Å². The number of benzene rings is 1. The Kier molecular flexibility index (Phi) is 4.25. The van der Waals surface area contributed by atoms with Crippen molar-refractivity contribution in [2.75, 3.05) is 7.11 Å². The molecule has 0 heterocycles. The van der Waals surface area contributed by atoms with Gasteiger partial charge in [0.05, 0.1) is 19.6 Å². The van der Waals surface area contributed by atoms with Gasteiger partial charge in [-0.15, -0.1) is 0 Å². The van der Waals surface area contributed by atoms with Crippen molar-refractivity contribution in [3.05, 3.63) is 29.6 Å². The first-order valence-corrected chi connectivity index (χ1v) is 4.75. The number of methoxy groups -OCH3 is 1. The second-order valence-corrected chi connectivity index (χ2v) is 3.41. The number of aliphatic hydroxyl groups is 1. The minimum absolute atomic E-state index is 0.0488. The SMILES string of the molecule is COc1ccc(F)cc1CC(O)CC(=O)O. The lowest BCUT2D eigenvalue weighted by molar-refractivity contribution is -0.139. The van der Waals surface area contributed by atoms with E-state index in [4.69, 9.17) is 9.84 Å². The van der Waals surface area contributed by atoms with Crippen LogP contribution in [0.15, 0.2) is 18.2 Å². The van der Waals surface area contributed by atoms with Crippen LogP contribution in [0.25, 0.3) is 0 Å². The number of carboxylic acids is 1. The zero-order valence-electron chi connectivity index (χ0n) is 8.81. The quantitative estimate of drug-likeness (QED) is 0.795. The number of aliphatic hydroxyl groups excluding tert-OH is 1. The number of rotatable bonds is 5. The standard InChI is InChI=1S/C11H13FO4/c1-16-10-3-2-8(12)4-7(10)5-9(13)6-11(14)15/h2-4,9,13H,5-6H2,1H3,(H,14,15). The van der Waals surface area contributed by atoms with Crippen LogP contribution < -0.4 is 4.74 Å². The molecule has 0 spiro atoms. The Balaban J connectivity index is 2.78. The van der Waals surface area contributed by atoms with Gasteiger partial charge < -0.3 is 14.9 Å². The van der Waals surface area contributed by atoms with Crippen molar-refractivity contribution in [3.8, 4) is 5.75 Å². The molecule has 0 aliphatic carbocycles. The molecule has 2 N–H and O–H groups in total. The van der Waals surface area contributed by atoms with Crippen molar-refractivity contribution in [3.63, 3.8) is 0 Å². The molecule has 0 aliphatic heterocycles. The Morgan fingerprint density at radius 2 is 2.25 bits per heavy atom. The van der Waals surface area contributed by atoms with Crippen LogP contribution >= 0.6 is 0 Å². The summed E-state index contributed by atoms with van der Waals surface area (Å²) in [5, 5.41) is 17.9. The highest BCUT2D eigenvalue weighted by Crippen LogP contribution is 2.21. The van der Waals surface area contributed by atoms with Crippen LogP contribution in [-0.2, 0) is 11.2 Å². The maximum atomic E-state index is 12.9. The molecule has 1 aromatic carbocycles. The average molecular weight is 228 g/mol. The Bertz CT molecular complexity index is 378. The first-order valence-electron chi connectivity index (χ1n) is 4.75. The van der Waals surface area contributed by atoms with Gasteiger partial charge in [-0.3, -0.25) is 4.79 Å². The summed E-state index contributed by atoms with van der Waals surface area (Å²) in [5.74, 6) is -1.10. The summed E-state index contributed by atoms with van der Waals surface area (Å²) in [6.07, 6.45) is -1.37. The van der Waals surface area contributed by atoms with Crippen molar-refractivity contribution < 1.29 is 24.1 Å². The Hall–Kier alpha value is -1.62. The molecule has 1 unspecified atom stereocenters. The van der Waals surface area contributed by atoms with E-state index >= 15 is 0 Å². The maximum absolute atomic E-state index is 12.9. The van der Waals surface area contributed by atoms with Crippen molar-refractivity contribution in [2.24, 2.45) is 0 Å². The van der Waals surface area contributed by atoms with E-state index in [0.29, 0.717) is 11.3 Å². The molecule has 0 aromatic heterocycles. The van der Waals surface area contributed by atoms with Crippen LogP contribution in [0.2, 0.25) is 0 Å². The lowest BCUT2D eigenvalue weighted by Crippen LogP contribution is -2.16. The first kappa shape index (κ1) is 12.4. The van der Waals surface area contributed by atoms with E-state index < -0.39 is 17.9 Å². The number of aliphatic carboxylic acids is 1. The van der Waals surface area contributed by atoms with E-state index in [0.717, 1.165) is 0 Å². The molecule has 1 atom stereocenters. The Labute approximate surface area is 92.3 Å². The molecule has 0 saturated carbocycles. The van der Waals surface area contributed by atoms with E-state index in [2.05, 4.69) is 0 Å². The molecular formula is C11H13FO4. The highest BCUT2D eigenvalue weighted by atomic mass is 19.1. The minimum atomic E-state index is -1.09. The fraction of sp³-hybridized carbons (Fsp3) is 0.364. The molecular weight excluding hydrogens is 215 g/mol. The Morgan fingerprint density at radius 3 is 2.81 bits per heavy atom. The Morgan fingerprint density at radius 1 is 1.56 bits per heavy atom. The number of ether oxygens (including phenoxy) is 1. The third-order valence-corrected chi connectivity index (χ3v) is 2.11. The van der Waals surface area contributed by atoms with Gasteiger partial charge in [-0.2, -0.15) is 0 Å². The van der Waals surface area contributed by atoms with Gasteiger partial charge in [0.2, 0.25) is 0 Å². The zero-order chi connectivity index (χ0) is 12.1. The number of carbonyl (C=O) groups is 1. The summed E-state index contributed by atoms with van der Waals surface area (Å²) in [6.45, 7) is 0. The third-order valence-electron chi connectivity index (χ3n) is 2.11. The van der Waals surface area contributed by atoms with Crippen LogP contribution in [0, 0.1) is 5.82 Å².